The van der Waals surface area contributed by atoms with Crippen LogP contribution in [0.3, 0.4) is 0 Å². The minimum Gasteiger partial charge on any atom is -0.380 e. The maximum absolute atomic E-state index is 12.1. The van der Waals surface area contributed by atoms with Crippen molar-refractivity contribution in [1.29, 1.82) is 0 Å². The number of rotatable bonds is 4. The van der Waals surface area contributed by atoms with E-state index in [1.54, 1.807) is 7.11 Å². The first-order valence-electron chi connectivity index (χ1n) is 6.39. The maximum atomic E-state index is 12.1. The number of nitrogens with one attached hydrogen (secondary N) is 2. The predicted octanol–water partition coefficient (Wildman–Crippen LogP) is 1.74. The lowest BCUT2D eigenvalue weighted by atomic mass is 10.1. The minimum atomic E-state index is 0. The van der Waals surface area contributed by atoms with Gasteiger partial charge in [0.15, 0.2) is 0 Å². The molecular weight excluding hydrogens is 264 g/mol. The summed E-state index contributed by atoms with van der Waals surface area (Å²) in [6, 6.07) is 7.82. The molecule has 1 amide bonds. The average molecular weight is 285 g/mol. The molecule has 1 heterocycles. The second-order valence-corrected chi connectivity index (χ2v) is 4.65. The van der Waals surface area contributed by atoms with Gasteiger partial charge in [-0.2, -0.15) is 0 Å². The third kappa shape index (κ3) is 4.82. The van der Waals surface area contributed by atoms with Crippen LogP contribution in [0.4, 0.5) is 0 Å². The second kappa shape index (κ2) is 8.15. The van der Waals surface area contributed by atoms with Crippen LogP contribution in [0.15, 0.2) is 24.3 Å². The molecule has 1 atom stereocenters. The summed E-state index contributed by atoms with van der Waals surface area (Å²) >= 11 is 0. The van der Waals surface area contributed by atoms with Crippen molar-refractivity contribution < 1.29 is 9.53 Å². The SMILES string of the molecule is COCc1cccc(C(=O)N[C@H]2CCCNC2)c1.Cl. The molecule has 1 fully saturated rings. The molecule has 1 saturated heterocycles. The van der Waals surface area contributed by atoms with Crippen LogP contribution in [0.25, 0.3) is 0 Å². The second-order valence-electron chi connectivity index (χ2n) is 4.65. The first kappa shape index (κ1) is 16.0. The van der Waals surface area contributed by atoms with Crippen molar-refractivity contribution in [3.05, 3.63) is 35.4 Å². The Balaban J connectivity index is 0.00000180. The Morgan fingerprint density at radius 3 is 3.05 bits per heavy atom. The summed E-state index contributed by atoms with van der Waals surface area (Å²) in [4.78, 5) is 12.1. The van der Waals surface area contributed by atoms with Crippen LogP contribution < -0.4 is 10.6 Å². The van der Waals surface area contributed by atoms with Gasteiger partial charge < -0.3 is 15.4 Å². The molecule has 0 unspecified atom stereocenters. The molecule has 0 aromatic heterocycles. The summed E-state index contributed by atoms with van der Waals surface area (Å²) in [5.74, 6) is 0.00153. The van der Waals surface area contributed by atoms with Crippen LogP contribution >= 0.6 is 12.4 Å². The van der Waals surface area contributed by atoms with E-state index in [2.05, 4.69) is 10.6 Å². The molecular formula is C14H21ClN2O2. The van der Waals surface area contributed by atoms with Gasteiger partial charge in [0.25, 0.3) is 5.91 Å². The Morgan fingerprint density at radius 1 is 1.53 bits per heavy atom. The monoisotopic (exact) mass is 284 g/mol. The zero-order valence-electron chi connectivity index (χ0n) is 11.1. The lowest BCUT2D eigenvalue weighted by Gasteiger charge is -2.23. The number of carbonyl (C=O) groups excluding carboxylic acids is 1. The lowest BCUT2D eigenvalue weighted by Crippen LogP contribution is -2.45. The number of ether oxygens (including phenoxy) is 1. The summed E-state index contributed by atoms with van der Waals surface area (Å²) in [6.45, 7) is 2.45. The fourth-order valence-electron chi connectivity index (χ4n) is 2.21. The fraction of sp³-hybridized carbons (Fsp3) is 0.500. The Bertz CT molecular complexity index is 406. The van der Waals surface area contributed by atoms with Gasteiger partial charge >= 0.3 is 0 Å². The van der Waals surface area contributed by atoms with Gasteiger partial charge in [-0.3, -0.25) is 4.79 Å². The van der Waals surface area contributed by atoms with Crippen molar-refractivity contribution in [2.75, 3.05) is 20.2 Å². The standard InChI is InChI=1S/C14H20N2O2.ClH/c1-18-10-11-4-2-5-12(8-11)14(17)16-13-6-3-7-15-9-13;/h2,4-5,8,13,15H,3,6-7,9-10H2,1H3,(H,16,17);1H/t13-;/m0./s1. The zero-order chi connectivity index (χ0) is 12.8. The highest BCUT2D eigenvalue weighted by atomic mass is 35.5. The van der Waals surface area contributed by atoms with Crippen LogP contribution in [0.5, 0.6) is 0 Å². The Morgan fingerprint density at radius 2 is 2.37 bits per heavy atom. The van der Waals surface area contributed by atoms with E-state index in [4.69, 9.17) is 4.74 Å². The maximum Gasteiger partial charge on any atom is 0.251 e. The Hall–Kier alpha value is -1.10. The molecule has 2 N–H and O–H groups in total. The van der Waals surface area contributed by atoms with Gasteiger partial charge in [-0.15, -0.1) is 12.4 Å². The molecule has 4 nitrogen and oxygen atoms in total. The molecule has 0 bridgehead atoms. The third-order valence-corrected chi connectivity index (χ3v) is 3.13. The minimum absolute atomic E-state index is 0. The summed E-state index contributed by atoms with van der Waals surface area (Å²) in [5, 5.41) is 6.35. The van der Waals surface area contributed by atoms with Gasteiger partial charge in [0.2, 0.25) is 0 Å². The number of benzene rings is 1. The quantitative estimate of drug-likeness (QED) is 0.885. The van der Waals surface area contributed by atoms with E-state index < -0.39 is 0 Å². The van der Waals surface area contributed by atoms with E-state index in [1.807, 2.05) is 24.3 Å². The van der Waals surface area contributed by atoms with Crippen molar-refractivity contribution >= 4 is 18.3 Å². The average Bonchev–Trinajstić information content (AvgIpc) is 2.40. The fourth-order valence-corrected chi connectivity index (χ4v) is 2.21. The number of hydrogen-bond acceptors (Lipinski definition) is 3. The molecule has 1 aromatic carbocycles. The van der Waals surface area contributed by atoms with E-state index in [-0.39, 0.29) is 24.4 Å². The first-order chi connectivity index (χ1) is 8.79. The molecule has 106 valence electrons. The van der Waals surface area contributed by atoms with Crippen LogP contribution in [-0.2, 0) is 11.3 Å². The normalized spacial score (nSPS) is 18.5. The van der Waals surface area contributed by atoms with E-state index in [0.29, 0.717) is 12.2 Å². The molecule has 2 rings (SSSR count). The van der Waals surface area contributed by atoms with Crippen molar-refractivity contribution in [2.45, 2.75) is 25.5 Å². The van der Waals surface area contributed by atoms with Crippen LogP contribution in [0.1, 0.15) is 28.8 Å². The number of piperidine rings is 1. The zero-order valence-corrected chi connectivity index (χ0v) is 12.0. The highest BCUT2D eigenvalue weighted by Crippen LogP contribution is 2.08. The largest absolute Gasteiger partial charge is 0.380 e. The van der Waals surface area contributed by atoms with Crippen LogP contribution in [0, 0.1) is 0 Å². The topological polar surface area (TPSA) is 50.4 Å². The van der Waals surface area contributed by atoms with Gasteiger partial charge in [0.1, 0.15) is 0 Å². The van der Waals surface area contributed by atoms with Gasteiger partial charge in [-0.05, 0) is 37.1 Å². The van der Waals surface area contributed by atoms with E-state index in [9.17, 15) is 4.79 Å². The number of halogens is 1. The number of hydrogen-bond donors (Lipinski definition) is 2. The van der Waals surface area contributed by atoms with Crippen molar-refractivity contribution in [2.24, 2.45) is 0 Å². The highest BCUT2D eigenvalue weighted by Gasteiger charge is 2.16. The molecule has 0 radical (unpaired) electrons. The Labute approximate surface area is 120 Å². The van der Waals surface area contributed by atoms with Gasteiger partial charge in [-0.1, -0.05) is 12.1 Å². The lowest BCUT2D eigenvalue weighted by molar-refractivity contribution is 0.0930. The predicted molar refractivity (Wildman–Crippen MR) is 77.8 cm³/mol. The van der Waals surface area contributed by atoms with Crippen molar-refractivity contribution in [3.8, 4) is 0 Å². The molecule has 1 aliphatic heterocycles. The number of amides is 1. The number of methoxy groups -OCH3 is 1. The molecule has 1 aromatic rings. The Kier molecular flexibility index (Phi) is 6.84. The van der Waals surface area contributed by atoms with Crippen molar-refractivity contribution in [1.82, 2.24) is 10.6 Å². The van der Waals surface area contributed by atoms with Gasteiger partial charge in [0, 0.05) is 25.3 Å². The molecule has 0 spiro atoms. The molecule has 5 heteroatoms. The smallest absolute Gasteiger partial charge is 0.251 e. The van der Waals surface area contributed by atoms with Crippen LogP contribution in [-0.4, -0.2) is 32.1 Å². The third-order valence-electron chi connectivity index (χ3n) is 3.13. The summed E-state index contributed by atoms with van der Waals surface area (Å²) in [7, 11) is 1.65. The molecule has 0 saturated carbocycles. The van der Waals surface area contributed by atoms with Crippen molar-refractivity contribution in [3.63, 3.8) is 0 Å². The molecule has 19 heavy (non-hydrogen) atoms. The summed E-state index contributed by atoms with van der Waals surface area (Å²) in [6.07, 6.45) is 2.17. The van der Waals surface area contributed by atoms with Gasteiger partial charge in [-0.25, -0.2) is 0 Å². The number of carbonyl (C=O) groups is 1. The summed E-state index contributed by atoms with van der Waals surface area (Å²) < 4.78 is 5.07. The van der Waals surface area contributed by atoms with E-state index >= 15 is 0 Å². The first-order valence-corrected chi connectivity index (χ1v) is 6.39. The van der Waals surface area contributed by atoms with Gasteiger partial charge in [0.05, 0.1) is 6.61 Å². The molecule has 1 aliphatic rings. The van der Waals surface area contributed by atoms with Crippen LogP contribution in [0.2, 0.25) is 0 Å². The van der Waals surface area contributed by atoms with E-state index in [1.165, 1.54) is 0 Å². The molecule has 0 aliphatic carbocycles. The van der Waals surface area contributed by atoms with E-state index in [0.717, 1.165) is 31.5 Å². The highest BCUT2D eigenvalue weighted by molar-refractivity contribution is 5.94. The summed E-state index contributed by atoms with van der Waals surface area (Å²) in [5.41, 5.74) is 1.72.